The van der Waals surface area contributed by atoms with E-state index in [1.165, 1.54) is 50.2 Å². The molecular weight excluding hydrogens is 692 g/mol. The van der Waals surface area contributed by atoms with Crippen molar-refractivity contribution in [1.82, 2.24) is 0 Å². The minimum atomic E-state index is -1.86. The first-order valence-corrected chi connectivity index (χ1v) is 16.5. The van der Waals surface area contributed by atoms with Crippen molar-refractivity contribution in [3.05, 3.63) is 152 Å². The fourth-order valence-electron chi connectivity index (χ4n) is 7.98. The van der Waals surface area contributed by atoms with Gasteiger partial charge in [-0.3, -0.25) is 9.59 Å². The number of rotatable bonds is 4. The summed E-state index contributed by atoms with van der Waals surface area (Å²) in [5.74, 6) is -3.08. The van der Waals surface area contributed by atoms with Crippen LogP contribution in [-0.2, 0) is 40.9 Å². The third-order valence-corrected chi connectivity index (χ3v) is 10.4. The zero-order valence-corrected chi connectivity index (χ0v) is 28.3. The standard InChI is InChI=1S/C40H25ClO11/c1-19(42)47-32-17-33-28(15-29(32)40-25-10-6-4-8-23(25)38(3,51-52-40)24-9-5-7-11-26(24)40)39(27-14-21(36(44)45)12-13-22(27)37(46)50-39)30-16-31(41)35(48-20(2)43)18-34(30)49-33/h4-18H,1-3H3,(H,44,45). The maximum Gasteiger partial charge on any atom is 0.340 e. The number of halogens is 1. The second-order valence-electron chi connectivity index (χ2n) is 13.0. The number of carbonyl (C=O) groups excluding carboxylic acids is 3. The second-order valence-corrected chi connectivity index (χ2v) is 13.4. The SMILES string of the molecule is CC(=O)Oc1cc2c(cc1Cl)C1(OC(=O)c3ccc(C(=O)O)cc31)c1cc(C34OOC(C)(c5ccccc53)c3ccccc34)c(OC(C)=O)cc1O2. The van der Waals surface area contributed by atoms with Gasteiger partial charge in [0.25, 0.3) is 0 Å². The van der Waals surface area contributed by atoms with Crippen LogP contribution in [0.3, 0.4) is 0 Å². The van der Waals surface area contributed by atoms with Crippen molar-refractivity contribution in [1.29, 1.82) is 0 Å². The molecule has 0 saturated carbocycles. The van der Waals surface area contributed by atoms with Gasteiger partial charge in [-0.2, -0.15) is 0 Å². The Kier molecular flexibility index (Phi) is 6.60. The highest BCUT2D eigenvalue weighted by Crippen LogP contribution is 2.63. The highest BCUT2D eigenvalue weighted by atomic mass is 35.5. The van der Waals surface area contributed by atoms with E-state index in [0.29, 0.717) is 16.7 Å². The lowest BCUT2D eigenvalue weighted by atomic mass is 9.64. The Bertz CT molecular complexity index is 2440. The summed E-state index contributed by atoms with van der Waals surface area (Å²) in [5.41, 5.74) is -0.352. The molecule has 0 saturated heterocycles. The van der Waals surface area contributed by atoms with Crippen molar-refractivity contribution in [3.8, 4) is 23.0 Å². The number of carbonyl (C=O) groups is 4. The number of hydrogen-bond donors (Lipinski definition) is 1. The van der Waals surface area contributed by atoms with Crippen LogP contribution in [0.2, 0.25) is 5.02 Å². The zero-order valence-electron chi connectivity index (χ0n) is 27.6. The molecule has 4 heterocycles. The number of carboxylic acid groups (broad SMARTS) is 1. The molecule has 12 heteroatoms. The molecule has 1 N–H and O–H groups in total. The fraction of sp³-hybridized carbons (Fsp3) is 0.150. The third-order valence-electron chi connectivity index (χ3n) is 10.1. The number of hydrogen-bond acceptors (Lipinski definition) is 10. The summed E-state index contributed by atoms with van der Waals surface area (Å²) in [6.45, 7) is 4.38. The van der Waals surface area contributed by atoms with Gasteiger partial charge in [-0.05, 0) is 48.4 Å². The van der Waals surface area contributed by atoms with E-state index in [0.717, 1.165) is 11.1 Å². The van der Waals surface area contributed by atoms with Crippen LogP contribution in [-0.4, -0.2) is 29.0 Å². The number of fused-ring (bicyclic) bond motifs is 7. The van der Waals surface area contributed by atoms with Crippen LogP contribution in [0, 0.1) is 0 Å². The van der Waals surface area contributed by atoms with Crippen molar-refractivity contribution in [2.45, 2.75) is 37.6 Å². The summed E-state index contributed by atoms with van der Waals surface area (Å²) < 4.78 is 24.1. The number of ether oxygens (including phenoxy) is 4. The Morgan fingerprint density at radius 3 is 1.85 bits per heavy atom. The molecule has 258 valence electrons. The van der Waals surface area contributed by atoms with Gasteiger partial charge in [0.1, 0.15) is 17.2 Å². The van der Waals surface area contributed by atoms with E-state index >= 15 is 0 Å². The number of aromatic carboxylic acids is 1. The number of carboxylic acids is 1. The van der Waals surface area contributed by atoms with Crippen molar-refractivity contribution in [2.24, 2.45) is 0 Å². The summed E-state index contributed by atoms with van der Waals surface area (Å²) in [7, 11) is 0. The lowest BCUT2D eigenvalue weighted by Gasteiger charge is -2.52. The van der Waals surface area contributed by atoms with E-state index in [1.807, 2.05) is 55.5 Å². The lowest BCUT2D eigenvalue weighted by Crippen LogP contribution is -2.52. The molecule has 5 aromatic rings. The first kappa shape index (κ1) is 31.9. The van der Waals surface area contributed by atoms with E-state index in [9.17, 15) is 24.3 Å². The first-order chi connectivity index (χ1) is 24.9. The summed E-state index contributed by atoms with van der Waals surface area (Å²) in [4.78, 5) is 63.6. The van der Waals surface area contributed by atoms with Crippen molar-refractivity contribution < 1.29 is 53.0 Å². The predicted octanol–water partition coefficient (Wildman–Crippen LogP) is 7.29. The summed E-state index contributed by atoms with van der Waals surface area (Å²) in [5, 5.41) is 10.0. The predicted molar refractivity (Wildman–Crippen MR) is 181 cm³/mol. The summed E-state index contributed by atoms with van der Waals surface area (Å²) in [6, 6.07) is 25.3. The highest BCUT2D eigenvalue weighted by Gasteiger charge is 2.61. The molecule has 10 rings (SSSR count). The molecular formula is C40H25ClO11. The minimum Gasteiger partial charge on any atom is -0.478 e. The Balaban J connectivity index is 1.41. The maximum atomic E-state index is 13.8. The molecule has 52 heavy (non-hydrogen) atoms. The van der Waals surface area contributed by atoms with E-state index < -0.39 is 40.7 Å². The molecule has 11 nitrogen and oxygen atoms in total. The molecule has 4 aliphatic heterocycles. The number of benzene rings is 5. The Morgan fingerprint density at radius 1 is 0.654 bits per heavy atom. The van der Waals surface area contributed by atoms with Gasteiger partial charge in [0.15, 0.2) is 22.6 Å². The van der Waals surface area contributed by atoms with Gasteiger partial charge < -0.3 is 24.1 Å². The molecule has 5 aliphatic rings. The highest BCUT2D eigenvalue weighted by molar-refractivity contribution is 6.32. The molecule has 0 aromatic heterocycles. The van der Waals surface area contributed by atoms with Crippen molar-refractivity contribution in [2.75, 3.05) is 0 Å². The topological polar surface area (TPSA) is 144 Å². The van der Waals surface area contributed by atoms with Crippen LogP contribution >= 0.6 is 11.6 Å². The van der Waals surface area contributed by atoms with Gasteiger partial charge >= 0.3 is 23.9 Å². The van der Waals surface area contributed by atoms with Crippen LogP contribution in [0.4, 0.5) is 0 Å². The Hall–Kier alpha value is -6.01. The molecule has 1 aliphatic carbocycles. The number of esters is 3. The summed E-state index contributed by atoms with van der Waals surface area (Å²) >= 11 is 6.69. The largest absolute Gasteiger partial charge is 0.478 e. The molecule has 1 atom stereocenters. The molecule has 0 radical (unpaired) electrons. The van der Waals surface area contributed by atoms with Crippen LogP contribution in [0.1, 0.15) is 86.0 Å². The third kappa shape index (κ3) is 4.09. The van der Waals surface area contributed by atoms with Crippen LogP contribution in [0.15, 0.2) is 91.0 Å². The van der Waals surface area contributed by atoms with Crippen LogP contribution < -0.4 is 14.2 Å². The van der Waals surface area contributed by atoms with Gasteiger partial charge in [0.2, 0.25) is 0 Å². The normalized spacial score (nSPS) is 22.6. The average molecular weight is 717 g/mol. The van der Waals surface area contributed by atoms with E-state index in [1.54, 1.807) is 6.07 Å². The summed E-state index contributed by atoms with van der Waals surface area (Å²) in [6.07, 6.45) is 0. The second kappa shape index (κ2) is 10.8. The van der Waals surface area contributed by atoms with Gasteiger partial charge in [-0.15, -0.1) is 0 Å². The van der Waals surface area contributed by atoms with Gasteiger partial charge in [-0.1, -0.05) is 60.1 Å². The first-order valence-electron chi connectivity index (χ1n) is 16.1. The molecule has 0 fully saturated rings. The maximum absolute atomic E-state index is 13.8. The van der Waals surface area contributed by atoms with E-state index in [-0.39, 0.29) is 55.8 Å². The minimum absolute atomic E-state index is 0.00644. The van der Waals surface area contributed by atoms with Gasteiger partial charge in [0.05, 0.1) is 16.1 Å². The van der Waals surface area contributed by atoms with Crippen molar-refractivity contribution in [3.63, 3.8) is 0 Å². The fourth-order valence-corrected chi connectivity index (χ4v) is 8.19. The smallest absolute Gasteiger partial charge is 0.340 e. The van der Waals surface area contributed by atoms with Gasteiger partial charge in [-0.25, -0.2) is 19.4 Å². The van der Waals surface area contributed by atoms with E-state index in [4.69, 9.17) is 40.3 Å². The zero-order chi connectivity index (χ0) is 36.3. The Labute approximate surface area is 300 Å². The molecule has 2 bridgehead atoms. The monoisotopic (exact) mass is 716 g/mol. The van der Waals surface area contributed by atoms with Crippen LogP contribution in [0.25, 0.3) is 0 Å². The molecule has 1 unspecified atom stereocenters. The quantitative estimate of drug-likeness (QED) is 0.114. The molecule has 0 amide bonds. The van der Waals surface area contributed by atoms with Crippen molar-refractivity contribution >= 4 is 35.5 Å². The molecule has 1 spiro atoms. The van der Waals surface area contributed by atoms with Crippen LogP contribution in [0.5, 0.6) is 23.0 Å². The van der Waals surface area contributed by atoms with E-state index in [2.05, 4.69) is 0 Å². The molecule has 5 aromatic carbocycles. The lowest BCUT2D eigenvalue weighted by molar-refractivity contribution is -0.415. The average Bonchev–Trinajstić information content (AvgIpc) is 3.41. The Morgan fingerprint density at radius 2 is 1.23 bits per heavy atom. The van der Waals surface area contributed by atoms with Gasteiger partial charge in [0, 0.05) is 59.4 Å².